The molecule has 4 aromatic carbocycles. The molecular formula is C56H77B2F5N8O14PdPt. The average Bonchev–Trinajstić information content (AvgIpc) is 3.67. The third-order valence-electron chi connectivity index (χ3n) is 11.2. The van der Waals surface area contributed by atoms with Gasteiger partial charge in [0, 0.05) is 106 Å². The van der Waals surface area contributed by atoms with Crippen molar-refractivity contribution in [3.63, 3.8) is 0 Å². The molecule has 8 rings (SSSR count). The number of carbonyl (C=O) groups excluding carboxylic acids is 2. The van der Waals surface area contributed by atoms with Crippen LogP contribution in [0.25, 0.3) is 11.3 Å². The predicted molar refractivity (Wildman–Crippen MR) is 316 cm³/mol. The van der Waals surface area contributed by atoms with Crippen LogP contribution in [0.3, 0.4) is 0 Å². The maximum Gasteiger partial charge on any atom is 0 e. The quantitative estimate of drug-likeness (QED) is 0.0164. The van der Waals surface area contributed by atoms with Crippen molar-refractivity contribution in [3.8, 4) is 11.3 Å². The Bertz CT molecular complexity index is 2820. The van der Waals surface area contributed by atoms with Crippen molar-refractivity contribution >= 4 is 54.8 Å². The normalized spacial score (nSPS) is 13.6. The van der Waals surface area contributed by atoms with E-state index >= 15 is 0 Å². The molecule has 0 bridgehead atoms. The number of aromatic nitrogens is 2. The Labute approximate surface area is 526 Å². The molecule has 2 aliphatic heterocycles. The van der Waals surface area contributed by atoms with E-state index in [0.29, 0.717) is 12.1 Å². The number of aryl methyl sites for hydroxylation is 1. The van der Waals surface area contributed by atoms with Crippen LogP contribution in [0, 0.1) is 27.2 Å². The summed E-state index contributed by atoms with van der Waals surface area (Å²) in [5, 5.41) is 50.9. The second-order valence-corrected chi connectivity index (χ2v) is 20.4. The number of ether oxygens (including phenoxy) is 3. The molecule has 2 aromatic heterocycles. The predicted octanol–water partition coefficient (Wildman–Crippen LogP) is 12.0. The molecule has 0 aliphatic carbocycles. The maximum absolute atomic E-state index is 11.0. The monoisotopic (exact) mass is 1500 g/mol. The van der Waals surface area contributed by atoms with Gasteiger partial charge in [0.15, 0.2) is 0 Å². The van der Waals surface area contributed by atoms with E-state index in [1.54, 1.807) is 90.2 Å². The number of nitrogen functional groups attached to an aromatic ring is 2. The summed E-state index contributed by atoms with van der Waals surface area (Å²) in [6.07, 6.45) is 8.51. The van der Waals surface area contributed by atoms with Gasteiger partial charge < -0.3 is 50.9 Å². The van der Waals surface area contributed by atoms with Gasteiger partial charge in [-0.2, -0.15) is 0 Å². The number of nitro groups is 2. The molecule has 22 nitrogen and oxygen atoms in total. The molecule has 0 saturated carbocycles. The Hall–Kier alpha value is -7.15. The van der Waals surface area contributed by atoms with E-state index in [2.05, 4.69) is 49.1 Å². The molecule has 4 heterocycles. The molecule has 0 radical (unpaired) electrons. The Morgan fingerprint density at radius 2 is 1.11 bits per heavy atom. The number of non-ortho nitro benzene ring substituents is 2. The molecular weight excluding hydrogens is 1430 g/mol. The number of nitrogens with two attached hydrogens (primary N) is 2. The first-order chi connectivity index (χ1) is 40.2. The van der Waals surface area contributed by atoms with Crippen molar-refractivity contribution in [1.82, 2.24) is 20.1 Å². The fraction of sp³-hybridized carbons (Fsp3) is 0.357. The number of rotatable bonds is 7. The fourth-order valence-corrected chi connectivity index (χ4v) is 7.43. The molecule has 2 aliphatic rings. The van der Waals surface area contributed by atoms with Crippen molar-refractivity contribution < 1.29 is 119 Å². The SMILES string of the molecule is CB(O)N1CCCCC1c1ccc(N)cc1.CC(C)(C)OC(=O)OC(=O)OC(C)(C)C.Cc1ccc([N+](=O)[O-])cc1.F.FF.FF.Nc1ccc(C2CCCCN2)cc1.O=[N+]([O-])c1ccc(-c2ccccn2)cc1.OB(O)c1ccccn1.[HH].[O]=[Pt]=[O].[Pd]. The van der Waals surface area contributed by atoms with Gasteiger partial charge in [-0.05, 0) is 166 Å². The summed E-state index contributed by atoms with van der Waals surface area (Å²) < 4.78 is 62.8. The average molecular weight is 1500 g/mol. The molecule has 0 spiro atoms. The Balaban J connectivity index is -0.000000472. The standard InChI is InChI=1S/C12H19BN2O.C11H8N2O2.C11H16N2.C10H18O5.C7H7NO2.C5H6BNO2.2F2.FH.2O.Pd.Pt.H2/c1-13(16)15-9-3-2-4-12(15)10-5-7-11(14)8-6-10;14-13(15)10-6-4-9(5-7-10)11-3-1-2-8-12-11;12-10-6-4-9(5-7-10)11-3-1-2-8-13-11;1-9(2,3)14-7(11)13-8(12)15-10(4,5)6;1-6-2-4-7(5-3-6)8(9)10;8-6(9)5-3-1-2-4-7-5;2*1-2;;;;;;/h5-8,12,16H,2-4,9,14H2,1H3;1-8H;4-7,11,13H,1-3,8,12H2;1-6H3;2-5H,1H3;1-4,8-9H;;;1H;;;;;1H. The van der Waals surface area contributed by atoms with Crippen LogP contribution in [0.15, 0.2) is 146 Å². The van der Waals surface area contributed by atoms with Crippen LogP contribution in [-0.2, 0) is 59.9 Å². The summed E-state index contributed by atoms with van der Waals surface area (Å²) in [6, 6.07) is 40.4. The van der Waals surface area contributed by atoms with Gasteiger partial charge in [-0.15, -0.1) is 0 Å². The first-order valence-corrected chi connectivity index (χ1v) is 27.9. The van der Waals surface area contributed by atoms with Crippen LogP contribution in [0.1, 0.15) is 110 Å². The summed E-state index contributed by atoms with van der Waals surface area (Å²) in [5.41, 5.74) is 17.4. The number of hydrogen-bond acceptors (Lipinski definition) is 20. The first kappa shape index (κ1) is 84.1. The molecule has 2 unspecified atom stereocenters. The second-order valence-electron chi connectivity index (χ2n) is 20.0. The van der Waals surface area contributed by atoms with Crippen LogP contribution in [-0.4, -0.2) is 90.5 Å². The van der Waals surface area contributed by atoms with Gasteiger partial charge in [0.1, 0.15) is 11.2 Å². The van der Waals surface area contributed by atoms with E-state index in [1.807, 2.05) is 56.2 Å². The van der Waals surface area contributed by atoms with Crippen molar-refractivity contribution in [2.24, 2.45) is 0 Å². The van der Waals surface area contributed by atoms with Gasteiger partial charge in [0.2, 0.25) is 0 Å². The van der Waals surface area contributed by atoms with E-state index in [-0.39, 0.29) is 50.6 Å². The van der Waals surface area contributed by atoms with Crippen molar-refractivity contribution in [2.75, 3.05) is 24.6 Å². The molecule has 2 saturated heterocycles. The fourth-order valence-electron chi connectivity index (χ4n) is 7.43. The number of anilines is 2. The van der Waals surface area contributed by atoms with E-state index in [9.17, 15) is 34.8 Å². The number of halogens is 5. The zero-order chi connectivity index (χ0) is 64.5. The van der Waals surface area contributed by atoms with Crippen LogP contribution in [0.4, 0.5) is 55.3 Å². The molecule has 31 heteroatoms. The number of piperidine rings is 2. The van der Waals surface area contributed by atoms with Gasteiger partial charge in [-0.1, -0.05) is 66.9 Å². The number of carbonyl (C=O) groups is 2. The van der Waals surface area contributed by atoms with Crippen molar-refractivity contribution in [2.45, 2.75) is 117 Å². The molecule has 0 amide bonds. The molecule has 2 atom stereocenters. The smallest absolute Gasteiger partial charge is 0 e. The van der Waals surface area contributed by atoms with E-state index in [4.69, 9.17) is 56.1 Å². The molecule has 6 aromatic rings. The second kappa shape index (κ2) is 47.0. The minimum atomic E-state index is -1.92. The molecule has 2 fully saturated rings. The largest absolute Gasteiger partial charge is 0 e. The van der Waals surface area contributed by atoms with E-state index in [0.717, 1.165) is 47.7 Å². The van der Waals surface area contributed by atoms with Gasteiger partial charge in [0.05, 0.1) is 21.1 Å². The number of hydrogen-bond donors (Lipinski definition) is 6. The Morgan fingerprint density at radius 1 is 0.678 bits per heavy atom. The van der Waals surface area contributed by atoms with Gasteiger partial charge in [-0.3, -0.25) is 34.9 Å². The summed E-state index contributed by atoms with van der Waals surface area (Å²) in [5.74, 6) is 0. The minimum Gasteiger partial charge on any atom is 0 e. The molecule has 8 N–H and O–H groups in total. The third kappa shape index (κ3) is 38.6. The van der Waals surface area contributed by atoms with E-state index in [1.165, 1.54) is 73.7 Å². The Morgan fingerprint density at radius 3 is 1.48 bits per heavy atom. The van der Waals surface area contributed by atoms with Crippen LogP contribution in [0.2, 0.25) is 6.82 Å². The molecule has 87 heavy (non-hydrogen) atoms. The van der Waals surface area contributed by atoms with Gasteiger partial charge >= 0.3 is 51.8 Å². The Kier molecular flexibility index (Phi) is 45.4. The summed E-state index contributed by atoms with van der Waals surface area (Å²) in [6.45, 7) is 15.9. The number of pyridine rings is 2. The third-order valence-corrected chi connectivity index (χ3v) is 11.2. The summed E-state index contributed by atoms with van der Waals surface area (Å²) in [4.78, 5) is 51.8. The van der Waals surface area contributed by atoms with Gasteiger partial charge in [0.25, 0.3) is 11.4 Å². The maximum atomic E-state index is 11.0. The topological polar surface area (TPSA) is 336 Å². The summed E-state index contributed by atoms with van der Waals surface area (Å²) in [7, 11) is -1.82. The number of benzene rings is 4. The zero-order valence-electron chi connectivity index (χ0n) is 49.1. The van der Waals surface area contributed by atoms with Crippen molar-refractivity contribution in [1.29, 1.82) is 0 Å². The first-order valence-electron chi connectivity index (χ1n) is 26.0. The molecule has 486 valence electrons. The van der Waals surface area contributed by atoms with Crippen molar-refractivity contribution in [3.05, 3.63) is 183 Å². The minimum absolute atomic E-state index is 0. The zero-order valence-corrected chi connectivity index (χ0v) is 52.9. The number of nitro benzene ring substituents is 2. The van der Waals surface area contributed by atoms with Crippen LogP contribution < -0.4 is 22.4 Å². The van der Waals surface area contributed by atoms with Crippen LogP contribution >= 0.6 is 0 Å². The van der Waals surface area contributed by atoms with Gasteiger partial charge in [-0.25, -0.2) is 9.59 Å². The number of nitrogens with one attached hydrogen (secondary N) is 1. The summed E-state index contributed by atoms with van der Waals surface area (Å²) >= 11 is -1.92. The van der Waals surface area contributed by atoms with Crippen LogP contribution in [0.5, 0.6) is 0 Å². The van der Waals surface area contributed by atoms with E-state index < -0.39 is 59.0 Å². The number of nitrogens with zero attached hydrogens (tertiary/aromatic N) is 5.